The highest BCUT2D eigenvalue weighted by atomic mass is 32.1. The van der Waals surface area contributed by atoms with Crippen molar-refractivity contribution in [2.45, 2.75) is 32.7 Å². The molecule has 1 unspecified atom stereocenters. The van der Waals surface area contributed by atoms with Crippen LogP contribution in [0.4, 0.5) is 4.39 Å². The Morgan fingerprint density at radius 2 is 2.16 bits per heavy atom. The lowest BCUT2D eigenvalue weighted by Crippen LogP contribution is -2.21. The Balaban J connectivity index is 2.09. The molecule has 2 rings (SSSR count). The second kappa shape index (κ2) is 6.83. The van der Waals surface area contributed by atoms with Crippen LogP contribution >= 0.6 is 11.3 Å². The van der Waals surface area contributed by atoms with Crippen molar-refractivity contribution in [2.75, 3.05) is 6.54 Å². The Morgan fingerprint density at radius 3 is 2.79 bits per heavy atom. The molecule has 0 bridgehead atoms. The van der Waals surface area contributed by atoms with E-state index in [-0.39, 0.29) is 11.9 Å². The standard InChI is InChI=1S/C16H20FNS/c1-3-18-16(7-6-15-5-4-8-19-15)13-9-12(2)10-14(17)11-13/h4-5,8-11,16,18H,3,6-7H2,1-2H3. The number of benzene rings is 1. The van der Waals surface area contributed by atoms with E-state index in [2.05, 4.69) is 35.8 Å². The SMILES string of the molecule is CCNC(CCc1cccs1)c1cc(C)cc(F)c1. The van der Waals surface area contributed by atoms with E-state index in [4.69, 9.17) is 0 Å². The molecule has 19 heavy (non-hydrogen) atoms. The van der Waals surface area contributed by atoms with Crippen molar-refractivity contribution in [1.82, 2.24) is 5.32 Å². The van der Waals surface area contributed by atoms with Crippen molar-refractivity contribution in [1.29, 1.82) is 0 Å². The molecule has 1 aromatic carbocycles. The third-order valence-electron chi connectivity index (χ3n) is 3.18. The summed E-state index contributed by atoms with van der Waals surface area (Å²) in [4.78, 5) is 1.39. The lowest BCUT2D eigenvalue weighted by Gasteiger charge is -2.18. The molecule has 2 aromatic rings. The van der Waals surface area contributed by atoms with E-state index in [9.17, 15) is 4.39 Å². The van der Waals surface area contributed by atoms with Gasteiger partial charge in [0.25, 0.3) is 0 Å². The second-order valence-electron chi connectivity index (χ2n) is 4.79. The molecule has 0 radical (unpaired) electrons. The smallest absolute Gasteiger partial charge is 0.123 e. The Labute approximate surface area is 118 Å². The Kier molecular flexibility index (Phi) is 5.11. The second-order valence-corrected chi connectivity index (χ2v) is 5.82. The van der Waals surface area contributed by atoms with Gasteiger partial charge in [0.15, 0.2) is 0 Å². The van der Waals surface area contributed by atoms with Crippen molar-refractivity contribution < 1.29 is 4.39 Å². The summed E-state index contributed by atoms with van der Waals surface area (Å²) in [5.41, 5.74) is 2.03. The van der Waals surface area contributed by atoms with Crippen molar-refractivity contribution >= 4 is 11.3 Å². The summed E-state index contributed by atoms with van der Waals surface area (Å²) in [6, 6.07) is 9.76. The third-order valence-corrected chi connectivity index (χ3v) is 4.11. The number of thiophene rings is 1. The summed E-state index contributed by atoms with van der Waals surface area (Å²) in [6.07, 6.45) is 2.03. The largest absolute Gasteiger partial charge is 0.310 e. The van der Waals surface area contributed by atoms with Crippen molar-refractivity contribution in [3.63, 3.8) is 0 Å². The van der Waals surface area contributed by atoms with Gasteiger partial charge < -0.3 is 5.32 Å². The van der Waals surface area contributed by atoms with Gasteiger partial charge in [-0.25, -0.2) is 4.39 Å². The van der Waals surface area contributed by atoms with Gasteiger partial charge >= 0.3 is 0 Å². The average Bonchev–Trinajstić information content (AvgIpc) is 2.86. The summed E-state index contributed by atoms with van der Waals surface area (Å²) in [6.45, 7) is 4.92. The zero-order chi connectivity index (χ0) is 13.7. The van der Waals surface area contributed by atoms with Crippen LogP contribution in [0, 0.1) is 12.7 Å². The van der Waals surface area contributed by atoms with Crippen molar-refractivity contribution in [3.8, 4) is 0 Å². The van der Waals surface area contributed by atoms with Crippen LogP contribution in [0.3, 0.4) is 0 Å². The molecule has 3 heteroatoms. The van der Waals surface area contributed by atoms with E-state index in [0.717, 1.165) is 30.5 Å². The van der Waals surface area contributed by atoms with Gasteiger partial charge in [0.05, 0.1) is 0 Å². The Bertz CT molecular complexity index is 487. The first-order valence-corrected chi connectivity index (χ1v) is 7.60. The van der Waals surface area contributed by atoms with Crippen LogP contribution in [0.15, 0.2) is 35.7 Å². The number of halogens is 1. The fourth-order valence-corrected chi connectivity index (χ4v) is 3.06. The minimum Gasteiger partial charge on any atom is -0.310 e. The highest BCUT2D eigenvalue weighted by Gasteiger charge is 2.12. The highest BCUT2D eigenvalue weighted by molar-refractivity contribution is 7.09. The molecule has 1 nitrogen and oxygen atoms in total. The monoisotopic (exact) mass is 277 g/mol. The number of hydrogen-bond acceptors (Lipinski definition) is 2. The fourth-order valence-electron chi connectivity index (χ4n) is 2.34. The first-order valence-electron chi connectivity index (χ1n) is 6.72. The molecule has 102 valence electrons. The van der Waals surface area contributed by atoms with Gasteiger partial charge in [-0.05, 0) is 61.0 Å². The topological polar surface area (TPSA) is 12.0 Å². The molecule has 0 saturated heterocycles. The van der Waals surface area contributed by atoms with Gasteiger partial charge in [-0.2, -0.15) is 0 Å². The molecule has 0 aliphatic carbocycles. The molecule has 0 saturated carbocycles. The van der Waals surface area contributed by atoms with Crippen molar-refractivity contribution in [2.24, 2.45) is 0 Å². The number of hydrogen-bond donors (Lipinski definition) is 1. The van der Waals surface area contributed by atoms with E-state index in [1.807, 2.05) is 6.92 Å². The Morgan fingerprint density at radius 1 is 1.32 bits per heavy atom. The lowest BCUT2D eigenvalue weighted by atomic mass is 9.99. The maximum Gasteiger partial charge on any atom is 0.123 e. The first-order chi connectivity index (χ1) is 9.19. The molecule has 0 spiro atoms. The van der Waals surface area contributed by atoms with Gasteiger partial charge in [0.2, 0.25) is 0 Å². The van der Waals surface area contributed by atoms with Crippen molar-refractivity contribution in [3.05, 3.63) is 57.5 Å². The normalized spacial score (nSPS) is 12.6. The fraction of sp³-hybridized carbons (Fsp3) is 0.375. The molecular weight excluding hydrogens is 257 g/mol. The van der Waals surface area contributed by atoms with Gasteiger partial charge in [0, 0.05) is 10.9 Å². The van der Waals surface area contributed by atoms with Crippen LogP contribution < -0.4 is 5.32 Å². The van der Waals surface area contributed by atoms with Crippen LogP contribution in [-0.4, -0.2) is 6.54 Å². The van der Waals surface area contributed by atoms with Crippen LogP contribution in [0.5, 0.6) is 0 Å². The maximum atomic E-state index is 13.5. The summed E-state index contributed by atoms with van der Waals surface area (Å²) in [7, 11) is 0. The van der Waals surface area contributed by atoms with Gasteiger partial charge in [-0.3, -0.25) is 0 Å². The minimum atomic E-state index is -0.144. The molecule has 0 amide bonds. The van der Waals surface area contributed by atoms with E-state index in [1.165, 1.54) is 4.88 Å². The molecule has 0 aliphatic heterocycles. The highest BCUT2D eigenvalue weighted by Crippen LogP contribution is 2.23. The molecule has 1 heterocycles. The summed E-state index contributed by atoms with van der Waals surface area (Å²) in [5, 5.41) is 5.55. The quantitative estimate of drug-likeness (QED) is 0.821. The molecule has 1 atom stereocenters. The van der Waals surface area contributed by atoms with Crippen LogP contribution in [-0.2, 0) is 6.42 Å². The zero-order valence-corrected chi connectivity index (χ0v) is 12.3. The zero-order valence-electron chi connectivity index (χ0n) is 11.4. The lowest BCUT2D eigenvalue weighted by molar-refractivity contribution is 0.512. The van der Waals surface area contributed by atoms with E-state index < -0.39 is 0 Å². The number of aryl methyl sites for hydroxylation is 2. The molecule has 1 N–H and O–H groups in total. The predicted octanol–water partition coefficient (Wildman–Crippen LogP) is 4.48. The summed E-state index contributed by atoms with van der Waals surface area (Å²) < 4.78 is 13.5. The van der Waals surface area contributed by atoms with Crippen LogP contribution in [0.25, 0.3) is 0 Å². The van der Waals surface area contributed by atoms with Crippen LogP contribution in [0.2, 0.25) is 0 Å². The third kappa shape index (κ3) is 4.15. The number of nitrogens with one attached hydrogen (secondary N) is 1. The van der Waals surface area contributed by atoms with E-state index >= 15 is 0 Å². The van der Waals surface area contributed by atoms with E-state index in [0.29, 0.717) is 0 Å². The first kappa shape index (κ1) is 14.2. The molecular formula is C16H20FNS. The summed E-state index contributed by atoms with van der Waals surface area (Å²) in [5.74, 6) is -0.144. The summed E-state index contributed by atoms with van der Waals surface area (Å²) >= 11 is 1.78. The minimum absolute atomic E-state index is 0.144. The number of rotatable bonds is 6. The van der Waals surface area contributed by atoms with Gasteiger partial charge in [-0.15, -0.1) is 11.3 Å². The van der Waals surface area contributed by atoms with E-state index in [1.54, 1.807) is 23.5 Å². The van der Waals surface area contributed by atoms with Gasteiger partial charge in [0.1, 0.15) is 5.82 Å². The average molecular weight is 277 g/mol. The molecule has 1 aromatic heterocycles. The predicted molar refractivity (Wildman–Crippen MR) is 80.2 cm³/mol. The van der Waals surface area contributed by atoms with Gasteiger partial charge in [-0.1, -0.05) is 19.1 Å². The Hall–Kier alpha value is -1.19. The maximum absolute atomic E-state index is 13.5. The molecule has 0 aliphatic rings. The van der Waals surface area contributed by atoms with Crippen LogP contribution in [0.1, 0.15) is 35.4 Å². The molecule has 0 fully saturated rings.